The SMILES string of the molecule is C[C@]12CCCCC1=CC[C@@H]1[C@H]2CC[C@]2(C)C(NN)CC[C@@H]12. The van der Waals surface area contributed by atoms with Gasteiger partial charge in [-0.25, -0.2) is 0 Å². The second-order valence-electron chi connectivity index (χ2n) is 8.81. The highest BCUT2D eigenvalue weighted by molar-refractivity contribution is 5.24. The highest BCUT2D eigenvalue weighted by atomic mass is 15.2. The first kappa shape index (κ1) is 14.3. The smallest absolute Gasteiger partial charge is 0.0267 e. The lowest BCUT2D eigenvalue weighted by atomic mass is 9.48. The lowest BCUT2D eigenvalue weighted by Gasteiger charge is -2.57. The first-order chi connectivity index (χ1) is 10.1. The number of nitrogens with one attached hydrogen (secondary N) is 1. The summed E-state index contributed by atoms with van der Waals surface area (Å²) in [5.74, 6) is 8.64. The molecule has 4 aliphatic carbocycles. The molecule has 4 aliphatic rings. The Kier molecular flexibility index (Phi) is 3.28. The van der Waals surface area contributed by atoms with E-state index in [1.54, 1.807) is 0 Å². The monoisotopic (exact) mass is 288 g/mol. The summed E-state index contributed by atoms with van der Waals surface area (Å²) in [5.41, 5.74) is 5.96. The number of hydrogen-bond acceptors (Lipinski definition) is 2. The predicted molar refractivity (Wildman–Crippen MR) is 87.4 cm³/mol. The summed E-state index contributed by atoms with van der Waals surface area (Å²) in [6, 6.07) is 0.549. The fraction of sp³-hybridized carbons (Fsp3) is 0.895. The van der Waals surface area contributed by atoms with Crippen LogP contribution in [-0.2, 0) is 0 Å². The first-order valence-electron chi connectivity index (χ1n) is 9.25. The van der Waals surface area contributed by atoms with Crippen molar-refractivity contribution in [1.82, 2.24) is 5.43 Å². The molecule has 2 heteroatoms. The van der Waals surface area contributed by atoms with Crippen molar-refractivity contribution in [3.8, 4) is 0 Å². The van der Waals surface area contributed by atoms with E-state index in [0.717, 1.165) is 17.8 Å². The Hall–Kier alpha value is -0.340. The average Bonchev–Trinajstić information content (AvgIpc) is 2.83. The summed E-state index contributed by atoms with van der Waals surface area (Å²) in [5, 5.41) is 0. The fourth-order valence-electron chi connectivity index (χ4n) is 6.97. The first-order valence-corrected chi connectivity index (χ1v) is 9.25. The van der Waals surface area contributed by atoms with Crippen LogP contribution in [-0.4, -0.2) is 6.04 Å². The topological polar surface area (TPSA) is 38.0 Å². The molecule has 3 saturated carbocycles. The maximum Gasteiger partial charge on any atom is 0.0267 e. The molecule has 0 amide bonds. The highest BCUT2D eigenvalue weighted by Gasteiger charge is 2.57. The lowest BCUT2D eigenvalue weighted by molar-refractivity contribution is -0.0337. The van der Waals surface area contributed by atoms with Crippen LogP contribution in [0.4, 0.5) is 0 Å². The maximum atomic E-state index is 5.86. The van der Waals surface area contributed by atoms with Gasteiger partial charge in [0.05, 0.1) is 0 Å². The number of nitrogens with two attached hydrogens (primary N) is 1. The van der Waals surface area contributed by atoms with E-state index in [2.05, 4.69) is 25.3 Å². The third-order valence-electron chi connectivity index (χ3n) is 8.22. The standard InChI is InChI=1S/C19H32N2/c1-18-11-4-3-5-13(18)6-7-14-15-8-9-17(21-20)19(15,2)12-10-16(14)18/h6,14-17,21H,3-5,7-12,20H2,1-2H3/t14-,15-,16+,17?,18-,19-/m0/s1. The second kappa shape index (κ2) is 4.83. The molecule has 3 fully saturated rings. The van der Waals surface area contributed by atoms with E-state index in [0.29, 0.717) is 16.9 Å². The molecule has 0 saturated heterocycles. The molecule has 6 atom stereocenters. The van der Waals surface area contributed by atoms with E-state index in [4.69, 9.17) is 5.84 Å². The summed E-state index contributed by atoms with van der Waals surface area (Å²) < 4.78 is 0. The number of allylic oxidation sites excluding steroid dienone is 2. The van der Waals surface area contributed by atoms with Gasteiger partial charge in [0.1, 0.15) is 0 Å². The van der Waals surface area contributed by atoms with Crippen LogP contribution >= 0.6 is 0 Å². The second-order valence-corrected chi connectivity index (χ2v) is 8.81. The normalized spacial score (nSPS) is 52.6. The van der Waals surface area contributed by atoms with Crippen molar-refractivity contribution < 1.29 is 0 Å². The van der Waals surface area contributed by atoms with Crippen LogP contribution in [0, 0.1) is 28.6 Å². The molecule has 118 valence electrons. The third kappa shape index (κ3) is 1.84. The Morgan fingerprint density at radius 1 is 1.10 bits per heavy atom. The molecule has 0 aliphatic heterocycles. The predicted octanol–water partition coefficient (Wildman–Crippen LogP) is 4.17. The van der Waals surface area contributed by atoms with Crippen LogP contribution < -0.4 is 11.3 Å². The van der Waals surface area contributed by atoms with Gasteiger partial charge in [0.2, 0.25) is 0 Å². The highest BCUT2D eigenvalue weighted by Crippen LogP contribution is 2.64. The van der Waals surface area contributed by atoms with Gasteiger partial charge in [-0.3, -0.25) is 11.3 Å². The van der Waals surface area contributed by atoms with E-state index >= 15 is 0 Å². The number of hydrogen-bond donors (Lipinski definition) is 2. The number of rotatable bonds is 1. The van der Waals surface area contributed by atoms with E-state index in [-0.39, 0.29) is 0 Å². The quantitative estimate of drug-likeness (QED) is 0.432. The van der Waals surface area contributed by atoms with Gasteiger partial charge in [0.15, 0.2) is 0 Å². The zero-order valence-electron chi connectivity index (χ0n) is 13.8. The van der Waals surface area contributed by atoms with Crippen LogP contribution in [0.5, 0.6) is 0 Å². The molecule has 2 nitrogen and oxygen atoms in total. The average molecular weight is 288 g/mol. The summed E-state index contributed by atoms with van der Waals surface area (Å²) >= 11 is 0. The molecule has 0 spiro atoms. The lowest BCUT2D eigenvalue weighted by Crippen LogP contribution is -2.53. The van der Waals surface area contributed by atoms with Crippen LogP contribution in [0.1, 0.15) is 71.6 Å². The summed E-state index contributed by atoms with van der Waals surface area (Å²) in [4.78, 5) is 0. The van der Waals surface area contributed by atoms with Crippen LogP contribution in [0.2, 0.25) is 0 Å². The zero-order valence-corrected chi connectivity index (χ0v) is 13.8. The van der Waals surface area contributed by atoms with Gasteiger partial charge in [0, 0.05) is 6.04 Å². The van der Waals surface area contributed by atoms with Gasteiger partial charge in [-0.2, -0.15) is 0 Å². The van der Waals surface area contributed by atoms with Gasteiger partial charge in [-0.15, -0.1) is 0 Å². The molecule has 0 heterocycles. The molecule has 0 aromatic rings. The molecule has 4 rings (SSSR count). The van der Waals surface area contributed by atoms with Crippen LogP contribution in [0.3, 0.4) is 0 Å². The zero-order chi connectivity index (χ0) is 14.7. The Labute approximate surface area is 129 Å². The van der Waals surface area contributed by atoms with Crippen LogP contribution in [0.15, 0.2) is 11.6 Å². The molecule has 21 heavy (non-hydrogen) atoms. The van der Waals surface area contributed by atoms with Gasteiger partial charge in [-0.05, 0) is 80.0 Å². The van der Waals surface area contributed by atoms with Crippen molar-refractivity contribution >= 4 is 0 Å². The Bertz CT molecular complexity index is 456. The van der Waals surface area contributed by atoms with Crippen molar-refractivity contribution in [1.29, 1.82) is 0 Å². The van der Waals surface area contributed by atoms with Gasteiger partial charge in [0.25, 0.3) is 0 Å². The summed E-state index contributed by atoms with van der Waals surface area (Å²) in [6.45, 7) is 5.12. The van der Waals surface area contributed by atoms with Gasteiger partial charge < -0.3 is 0 Å². The molecular weight excluding hydrogens is 256 g/mol. The Morgan fingerprint density at radius 2 is 1.95 bits per heavy atom. The molecule has 3 N–H and O–H groups in total. The van der Waals surface area contributed by atoms with Gasteiger partial charge >= 0.3 is 0 Å². The Balaban J connectivity index is 1.67. The molecule has 0 aromatic carbocycles. The third-order valence-corrected chi connectivity index (χ3v) is 8.22. The summed E-state index contributed by atoms with van der Waals surface area (Å²) in [6.07, 6.45) is 15.2. The minimum atomic E-state index is 0.451. The van der Waals surface area contributed by atoms with Crippen LogP contribution in [0.25, 0.3) is 0 Å². The van der Waals surface area contributed by atoms with E-state index in [1.165, 1.54) is 57.8 Å². The fourth-order valence-corrected chi connectivity index (χ4v) is 6.97. The van der Waals surface area contributed by atoms with Crippen molar-refractivity contribution in [2.45, 2.75) is 77.7 Å². The number of hydrazine groups is 1. The molecular formula is C19H32N2. The van der Waals surface area contributed by atoms with E-state index < -0.39 is 0 Å². The molecule has 0 bridgehead atoms. The maximum absolute atomic E-state index is 5.86. The van der Waals surface area contributed by atoms with E-state index in [9.17, 15) is 0 Å². The molecule has 1 unspecified atom stereocenters. The van der Waals surface area contributed by atoms with E-state index in [1.807, 2.05) is 5.57 Å². The van der Waals surface area contributed by atoms with Crippen molar-refractivity contribution in [2.24, 2.45) is 34.4 Å². The molecule has 0 aromatic heterocycles. The number of fused-ring (bicyclic) bond motifs is 5. The van der Waals surface area contributed by atoms with Gasteiger partial charge in [-0.1, -0.05) is 31.9 Å². The van der Waals surface area contributed by atoms with Crippen molar-refractivity contribution in [3.63, 3.8) is 0 Å². The molecule has 0 radical (unpaired) electrons. The van der Waals surface area contributed by atoms with Crippen molar-refractivity contribution in [3.05, 3.63) is 11.6 Å². The van der Waals surface area contributed by atoms with Crippen molar-refractivity contribution in [2.75, 3.05) is 0 Å². The largest absolute Gasteiger partial charge is 0.271 e. The minimum absolute atomic E-state index is 0.451. The minimum Gasteiger partial charge on any atom is -0.271 e. The summed E-state index contributed by atoms with van der Waals surface area (Å²) in [7, 11) is 0. The Morgan fingerprint density at radius 3 is 2.76 bits per heavy atom.